The minimum atomic E-state index is -1.13. The van der Waals surface area contributed by atoms with Crippen LogP contribution in [0.4, 0.5) is 11.4 Å². The molecular formula is C25H22N4O4. The highest BCUT2D eigenvalue weighted by atomic mass is 16.4. The van der Waals surface area contributed by atoms with Gasteiger partial charge in [0.25, 0.3) is 5.91 Å². The van der Waals surface area contributed by atoms with Crippen molar-refractivity contribution in [1.82, 2.24) is 9.78 Å². The fraction of sp³-hybridized carbons (Fsp3) is 0.120. The molecule has 2 amide bonds. The summed E-state index contributed by atoms with van der Waals surface area (Å²) in [5, 5.41) is 19.9. The number of fused-ring (bicyclic) bond motifs is 1. The molecule has 8 nitrogen and oxygen atoms in total. The van der Waals surface area contributed by atoms with Crippen LogP contribution in [0.3, 0.4) is 0 Å². The largest absolute Gasteiger partial charge is 0.478 e. The molecule has 0 spiro atoms. The fourth-order valence-corrected chi connectivity index (χ4v) is 3.70. The second-order valence-electron chi connectivity index (χ2n) is 7.77. The van der Waals surface area contributed by atoms with Gasteiger partial charge in [-0.1, -0.05) is 30.3 Å². The first-order chi connectivity index (χ1) is 15.9. The summed E-state index contributed by atoms with van der Waals surface area (Å²) in [5.41, 5.74) is 3.55. The molecule has 3 aromatic carbocycles. The summed E-state index contributed by atoms with van der Waals surface area (Å²) in [6, 6.07) is 19.3. The Morgan fingerprint density at radius 3 is 2.48 bits per heavy atom. The van der Waals surface area contributed by atoms with E-state index in [4.69, 9.17) is 0 Å². The maximum absolute atomic E-state index is 13.2. The Kier molecular flexibility index (Phi) is 5.91. The number of carbonyl (C=O) groups is 3. The van der Waals surface area contributed by atoms with Gasteiger partial charge < -0.3 is 15.7 Å². The van der Waals surface area contributed by atoms with E-state index in [2.05, 4.69) is 15.7 Å². The molecule has 0 atom stereocenters. The van der Waals surface area contributed by atoms with Gasteiger partial charge >= 0.3 is 5.97 Å². The summed E-state index contributed by atoms with van der Waals surface area (Å²) in [6.07, 6.45) is 0.617. The van der Waals surface area contributed by atoms with Gasteiger partial charge in [0.2, 0.25) is 6.41 Å². The zero-order chi connectivity index (χ0) is 23.5. The van der Waals surface area contributed by atoms with Gasteiger partial charge in [-0.3, -0.25) is 14.3 Å². The van der Waals surface area contributed by atoms with Gasteiger partial charge in [0.05, 0.1) is 16.8 Å². The number of nitrogens with one attached hydrogen (secondary N) is 2. The van der Waals surface area contributed by atoms with Crippen LogP contribution in [0.15, 0.2) is 66.7 Å². The fourth-order valence-electron chi connectivity index (χ4n) is 3.70. The zero-order valence-corrected chi connectivity index (χ0v) is 18.1. The number of carboxylic acids is 1. The van der Waals surface area contributed by atoms with E-state index in [0.29, 0.717) is 17.5 Å². The van der Waals surface area contributed by atoms with E-state index in [1.807, 2.05) is 50.2 Å². The summed E-state index contributed by atoms with van der Waals surface area (Å²) in [4.78, 5) is 35.5. The maximum Gasteiger partial charge on any atom is 0.337 e. The van der Waals surface area contributed by atoms with E-state index in [9.17, 15) is 19.5 Å². The number of amides is 2. The van der Waals surface area contributed by atoms with E-state index in [-0.39, 0.29) is 23.0 Å². The molecule has 0 aliphatic carbocycles. The van der Waals surface area contributed by atoms with Crippen molar-refractivity contribution in [3.05, 3.63) is 78.0 Å². The van der Waals surface area contributed by atoms with Crippen molar-refractivity contribution in [2.24, 2.45) is 0 Å². The number of carboxylic acid groups (broad SMARTS) is 1. The smallest absolute Gasteiger partial charge is 0.337 e. The number of aromatic nitrogens is 2. The van der Waals surface area contributed by atoms with Crippen LogP contribution in [0.1, 0.15) is 40.7 Å². The molecule has 0 unspecified atom stereocenters. The molecule has 1 heterocycles. The van der Waals surface area contributed by atoms with Gasteiger partial charge in [-0.15, -0.1) is 0 Å². The molecule has 8 heteroatoms. The van der Waals surface area contributed by atoms with Crippen LogP contribution in [0.25, 0.3) is 22.0 Å². The Balaban J connectivity index is 1.80. The molecule has 4 aromatic rings. The maximum atomic E-state index is 13.2. The third-order valence-electron chi connectivity index (χ3n) is 5.24. The lowest BCUT2D eigenvalue weighted by Crippen LogP contribution is -2.16. The van der Waals surface area contributed by atoms with Gasteiger partial charge in [0.1, 0.15) is 0 Å². The van der Waals surface area contributed by atoms with Crippen molar-refractivity contribution in [3.8, 4) is 11.1 Å². The normalized spacial score (nSPS) is 10.9. The van der Waals surface area contributed by atoms with Gasteiger partial charge in [0.15, 0.2) is 5.69 Å². The Morgan fingerprint density at radius 2 is 1.76 bits per heavy atom. The summed E-state index contributed by atoms with van der Waals surface area (Å²) >= 11 is 0. The van der Waals surface area contributed by atoms with Gasteiger partial charge in [0, 0.05) is 17.1 Å². The van der Waals surface area contributed by atoms with Crippen LogP contribution in [-0.4, -0.2) is 33.2 Å². The third kappa shape index (κ3) is 4.31. The van der Waals surface area contributed by atoms with Crippen molar-refractivity contribution in [3.63, 3.8) is 0 Å². The lowest BCUT2D eigenvalue weighted by Gasteiger charge is -2.08. The lowest BCUT2D eigenvalue weighted by molar-refractivity contribution is -0.105. The predicted molar refractivity (Wildman–Crippen MR) is 127 cm³/mol. The summed E-state index contributed by atoms with van der Waals surface area (Å²) in [7, 11) is 0. The Morgan fingerprint density at radius 1 is 1.00 bits per heavy atom. The Hall–Kier alpha value is -4.46. The highest BCUT2D eigenvalue weighted by Gasteiger charge is 2.21. The molecule has 0 radical (unpaired) electrons. The van der Waals surface area contributed by atoms with E-state index in [1.165, 1.54) is 6.07 Å². The zero-order valence-electron chi connectivity index (χ0n) is 18.1. The molecule has 0 saturated carbocycles. The van der Waals surface area contributed by atoms with Crippen molar-refractivity contribution < 1.29 is 19.5 Å². The second-order valence-corrected chi connectivity index (χ2v) is 7.77. The first-order valence-corrected chi connectivity index (χ1v) is 10.4. The minimum absolute atomic E-state index is 0.00127. The summed E-state index contributed by atoms with van der Waals surface area (Å²) < 4.78 is 1.77. The van der Waals surface area contributed by atoms with Gasteiger partial charge in [-0.05, 0) is 61.4 Å². The van der Waals surface area contributed by atoms with Crippen molar-refractivity contribution in [2.75, 3.05) is 10.6 Å². The standard InChI is InChI=1S/C25H22N4O4/c1-15(2)29-22-11-10-17(16-6-5-7-18(12-16)26-14-30)13-20(22)23(28-29)24(31)27-21-9-4-3-8-19(21)25(32)33/h3-15H,1-2H3,(H,26,30)(H,27,31)(H,32,33). The van der Waals surface area contributed by atoms with Crippen LogP contribution in [0, 0.1) is 0 Å². The molecule has 4 rings (SSSR count). The Labute approximate surface area is 189 Å². The highest BCUT2D eigenvalue weighted by molar-refractivity contribution is 6.13. The number of aromatic carboxylic acids is 1. The highest BCUT2D eigenvalue weighted by Crippen LogP contribution is 2.30. The monoisotopic (exact) mass is 442 g/mol. The topological polar surface area (TPSA) is 113 Å². The van der Waals surface area contributed by atoms with Crippen LogP contribution in [-0.2, 0) is 4.79 Å². The van der Waals surface area contributed by atoms with Gasteiger partial charge in [-0.2, -0.15) is 5.10 Å². The molecule has 166 valence electrons. The number of nitrogens with zero attached hydrogens (tertiary/aromatic N) is 2. The number of rotatable bonds is 7. The lowest BCUT2D eigenvalue weighted by atomic mass is 10.0. The summed E-state index contributed by atoms with van der Waals surface area (Å²) in [5.74, 6) is -1.63. The number of benzene rings is 3. The Bertz CT molecular complexity index is 1370. The minimum Gasteiger partial charge on any atom is -0.478 e. The van der Waals surface area contributed by atoms with Crippen molar-refractivity contribution >= 4 is 40.6 Å². The molecule has 3 N–H and O–H groups in total. The average molecular weight is 442 g/mol. The van der Waals surface area contributed by atoms with E-state index in [1.54, 1.807) is 28.9 Å². The first-order valence-electron chi connectivity index (χ1n) is 10.4. The van der Waals surface area contributed by atoms with Gasteiger partial charge in [-0.25, -0.2) is 4.79 Å². The number of para-hydroxylation sites is 1. The van der Waals surface area contributed by atoms with E-state index in [0.717, 1.165) is 16.6 Å². The van der Waals surface area contributed by atoms with Crippen LogP contribution in [0.2, 0.25) is 0 Å². The number of hydrogen-bond acceptors (Lipinski definition) is 4. The number of carbonyl (C=O) groups excluding carboxylic acids is 2. The number of hydrogen-bond donors (Lipinski definition) is 3. The average Bonchev–Trinajstić information content (AvgIpc) is 3.19. The SMILES string of the molecule is CC(C)n1nc(C(=O)Nc2ccccc2C(=O)O)c2cc(-c3cccc(NC=O)c3)ccc21. The third-order valence-corrected chi connectivity index (χ3v) is 5.24. The molecule has 0 bridgehead atoms. The second kappa shape index (κ2) is 8.96. The number of anilines is 2. The molecule has 0 aliphatic rings. The van der Waals surface area contributed by atoms with Crippen LogP contribution < -0.4 is 10.6 Å². The van der Waals surface area contributed by atoms with Crippen LogP contribution in [0.5, 0.6) is 0 Å². The molecule has 0 fully saturated rings. The molecule has 33 heavy (non-hydrogen) atoms. The summed E-state index contributed by atoms with van der Waals surface area (Å²) in [6.45, 7) is 3.94. The van der Waals surface area contributed by atoms with Crippen LogP contribution >= 0.6 is 0 Å². The quantitative estimate of drug-likeness (QED) is 0.356. The van der Waals surface area contributed by atoms with E-state index < -0.39 is 11.9 Å². The molecule has 0 saturated heterocycles. The predicted octanol–water partition coefficient (Wildman–Crippen LogP) is 4.80. The van der Waals surface area contributed by atoms with Crippen molar-refractivity contribution in [2.45, 2.75) is 19.9 Å². The van der Waals surface area contributed by atoms with Crippen molar-refractivity contribution in [1.29, 1.82) is 0 Å². The molecular weight excluding hydrogens is 420 g/mol. The molecule has 1 aromatic heterocycles. The first kappa shape index (κ1) is 21.8. The molecule has 0 aliphatic heterocycles. The van der Waals surface area contributed by atoms with E-state index >= 15 is 0 Å².